The fourth-order valence-corrected chi connectivity index (χ4v) is 3.82. The second-order valence-electron chi connectivity index (χ2n) is 6.33. The Labute approximate surface area is 134 Å². The Balaban J connectivity index is 1.81. The van der Waals surface area contributed by atoms with Crippen molar-refractivity contribution < 1.29 is 4.79 Å². The standard InChI is InChI=1S/C19H27ClO/c1-2-3-4-5-6-7-8-13-17-16-12-10-9-11-15(16)14-18(17)19(20)21/h9-12,17-18H,2-8,13-14H2,1H3. The predicted molar refractivity (Wildman–Crippen MR) is 89.8 cm³/mol. The van der Waals surface area contributed by atoms with E-state index in [1.165, 1.54) is 56.1 Å². The van der Waals surface area contributed by atoms with E-state index in [0.717, 1.165) is 12.8 Å². The summed E-state index contributed by atoms with van der Waals surface area (Å²) in [7, 11) is 0. The fraction of sp³-hybridized carbons (Fsp3) is 0.632. The monoisotopic (exact) mass is 306 g/mol. The van der Waals surface area contributed by atoms with Crippen LogP contribution in [-0.4, -0.2) is 5.24 Å². The van der Waals surface area contributed by atoms with Crippen LogP contribution in [0.5, 0.6) is 0 Å². The lowest BCUT2D eigenvalue weighted by Crippen LogP contribution is -2.14. The first kappa shape index (κ1) is 16.5. The molecule has 1 aliphatic carbocycles. The van der Waals surface area contributed by atoms with E-state index >= 15 is 0 Å². The molecule has 0 bridgehead atoms. The van der Waals surface area contributed by atoms with Gasteiger partial charge in [0, 0.05) is 5.92 Å². The minimum Gasteiger partial charge on any atom is -0.281 e. The topological polar surface area (TPSA) is 17.1 Å². The molecular formula is C19H27ClO. The van der Waals surface area contributed by atoms with Crippen molar-refractivity contribution in [3.05, 3.63) is 35.4 Å². The number of unbranched alkanes of at least 4 members (excludes halogenated alkanes) is 6. The Hall–Kier alpha value is -0.820. The first-order valence-corrected chi connectivity index (χ1v) is 8.89. The molecule has 0 amide bonds. The molecule has 21 heavy (non-hydrogen) atoms. The van der Waals surface area contributed by atoms with Crippen LogP contribution in [0.3, 0.4) is 0 Å². The zero-order valence-corrected chi connectivity index (χ0v) is 13.9. The van der Waals surface area contributed by atoms with Crippen molar-refractivity contribution in [1.29, 1.82) is 0 Å². The SMILES string of the molecule is CCCCCCCCCC1c2ccccc2CC1C(=O)Cl. The third kappa shape index (κ3) is 4.57. The van der Waals surface area contributed by atoms with Crippen molar-refractivity contribution in [2.24, 2.45) is 5.92 Å². The van der Waals surface area contributed by atoms with Gasteiger partial charge in [0.2, 0.25) is 5.24 Å². The minimum atomic E-state index is -0.154. The van der Waals surface area contributed by atoms with Gasteiger partial charge in [0.1, 0.15) is 0 Å². The third-order valence-electron chi connectivity index (χ3n) is 4.79. The van der Waals surface area contributed by atoms with E-state index in [2.05, 4.69) is 31.2 Å². The molecule has 0 fully saturated rings. The maximum atomic E-state index is 11.7. The number of rotatable bonds is 9. The Morgan fingerprint density at radius 2 is 1.76 bits per heavy atom. The molecule has 0 aliphatic heterocycles. The zero-order chi connectivity index (χ0) is 15.1. The Bertz CT molecular complexity index is 455. The predicted octanol–water partition coefficient (Wildman–Crippen LogP) is 5.85. The van der Waals surface area contributed by atoms with E-state index in [0.29, 0.717) is 5.92 Å². The summed E-state index contributed by atoms with van der Waals surface area (Å²) in [5.41, 5.74) is 2.69. The van der Waals surface area contributed by atoms with Crippen molar-refractivity contribution in [2.75, 3.05) is 0 Å². The lowest BCUT2D eigenvalue weighted by Gasteiger charge is -2.17. The number of benzene rings is 1. The lowest BCUT2D eigenvalue weighted by atomic mass is 9.88. The second kappa shape index (κ2) is 8.58. The first-order valence-electron chi connectivity index (χ1n) is 8.51. The highest BCUT2D eigenvalue weighted by Crippen LogP contribution is 2.42. The number of fused-ring (bicyclic) bond motifs is 1. The molecule has 0 aromatic heterocycles. The number of carbonyl (C=O) groups excluding carboxylic acids is 1. The molecule has 0 saturated carbocycles. The average molecular weight is 307 g/mol. The van der Waals surface area contributed by atoms with Gasteiger partial charge < -0.3 is 0 Å². The van der Waals surface area contributed by atoms with Crippen LogP contribution in [0.1, 0.15) is 75.3 Å². The third-order valence-corrected chi connectivity index (χ3v) is 5.07. The maximum Gasteiger partial charge on any atom is 0.225 e. The molecule has 2 heteroatoms. The summed E-state index contributed by atoms with van der Waals surface area (Å²) in [6, 6.07) is 8.47. The van der Waals surface area contributed by atoms with Crippen LogP contribution in [0, 0.1) is 5.92 Å². The van der Waals surface area contributed by atoms with Crippen molar-refractivity contribution in [1.82, 2.24) is 0 Å². The number of hydrogen-bond acceptors (Lipinski definition) is 1. The lowest BCUT2D eigenvalue weighted by molar-refractivity contribution is -0.115. The highest BCUT2D eigenvalue weighted by atomic mass is 35.5. The van der Waals surface area contributed by atoms with Gasteiger partial charge in [-0.25, -0.2) is 0 Å². The molecule has 2 rings (SSSR count). The van der Waals surface area contributed by atoms with Crippen LogP contribution in [-0.2, 0) is 11.2 Å². The van der Waals surface area contributed by atoms with Gasteiger partial charge in [-0.3, -0.25) is 4.79 Å². The molecule has 2 atom stereocenters. The van der Waals surface area contributed by atoms with Crippen LogP contribution < -0.4 is 0 Å². The quantitative estimate of drug-likeness (QED) is 0.413. The van der Waals surface area contributed by atoms with Crippen LogP contribution in [0.2, 0.25) is 0 Å². The molecule has 1 aromatic carbocycles. The largest absolute Gasteiger partial charge is 0.281 e. The number of halogens is 1. The van der Waals surface area contributed by atoms with Gasteiger partial charge in [-0.05, 0) is 41.5 Å². The molecule has 0 spiro atoms. The van der Waals surface area contributed by atoms with Crippen LogP contribution >= 0.6 is 11.6 Å². The van der Waals surface area contributed by atoms with Crippen LogP contribution in [0.25, 0.3) is 0 Å². The molecule has 1 nitrogen and oxygen atoms in total. The molecular weight excluding hydrogens is 280 g/mol. The molecule has 0 heterocycles. The van der Waals surface area contributed by atoms with Crippen LogP contribution in [0.4, 0.5) is 0 Å². The van der Waals surface area contributed by atoms with Gasteiger partial charge in [-0.15, -0.1) is 0 Å². The van der Waals surface area contributed by atoms with E-state index in [9.17, 15) is 4.79 Å². The first-order chi connectivity index (χ1) is 10.2. The van der Waals surface area contributed by atoms with Crippen LogP contribution in [0.15, 0.2) is 24.3 Å². The van der Waals surface area contributed by atoms with Gasteiger partial charge in [-0.2, -0.15) is 0 Å². The Morgan fingerprint density at radius 3 is 2.48 bits per heavy atom. The molecule has 0 radical (unpaired) electrons. The normalized spacial score (nSPS) is 20.5. The van der Waals surface area contributed by atoms with Gasteiger partial charge in [0.25, 0.3) is 0 Å². The molecule has 116 valence electrons. The summed E-state index contributed by atoms with van der Waals surface area (Å²) in [6.45, 7) is 2.25. The van der Waals surface area contributed by atoms with E-state index in [-0.39, 0.29) is 11.2 Å². The molecule has 0 saturated heterocycles. The molecule has 1 aliphatic rings. The summed E-state index contributed by atoms with van der Waals surface area (Å²) in [5, 5.41) is -0.154. The Kier molecular flexibility index (Phi) is 6.76. The van der Waals surface area contributed by atoms with Crippen molar-refractivity contribution in [3.63, 3.8) is 0 Å². The summed E-state index contributed by atoms with van der Waals surface area (Å²) in [4.78, 5) is 11.7. The van der Waals surface area contributed by atoms with Crippen molar-refractivity contribution in [3.8, 4) is 0 Å². The summed E-state index contributed by atoms with van der Waals surface area (Å²) in [6.07, 6.45) is 11.1. The van der Waals surface area contributed by atoms with Gasteiger partial charge >= 0.3 is 0 Å². The fourth-order valence-electron chi connectivity index (χ4n) is 3.59. The van der Waals surface area contributed by atoms with E-state index < -0.39 is 0 Å². The smallest absolute Gasteiger partial charge is 0.225 e. The summed E-state index contributed by atoms with van der Waals surface area (Å²) < 4.78 is 0. The average Bonchev–Trinajstić information content (AvgIpc) is 2.85. The maximum absolute atomic E-state index is 11.7. The van der Waals surface area contributed by atoms with E-state index in [1.807, 2.05) is 0 Å². The van der Waals surface area contributed by atoms with Gasteiger partial charge in [0.15, 0.2) is 0 Å². The minimum absolute atomic E-state index is 0.00385. The molecule has 1 aromatic rings. The van der Waals surface area contributed by atoms with Crippen molar-refractivity contribution >= 4 is 16.8 Å². The molecule has 2 unspecified atom stereocenters. The summed E-state index contributed by atoms with van der Waals surface area (Å²) in [5.74, 6) is 0.353. The number of hydrogen-bond donors (Lipinski definition) is 0. The van der Waals surface area contributed by atoms with E-state index in [4.69, 9.17) is 11.6 Å². The zero-order valence-electron chi connectivity index (χ0n) is 13.1. The second-order valence-corrected chi connectivity index (χ2v) is 6.70. The van der Waals surface area contributed by atoms with Crippen molar-refractivity contribution in [2.45, 2.75) is 70.6 Å². The molecule has 0 N–H and O–H groups in total. The van der Waals surface area contributed by atoms with Gasteiger partial charge in [0.05, 0.1) is 0 Å². The Morgan fingerprint density at radius 1 is 1.10 bits per heavy atom. The summed E-state index contributed by atoms with van der Waals surface area (Å²) >= 11 is 5.83. The van der Waals surface area contributed by atoms with Gasteiger partial charge in [-0.1, -0.05) is 76.1 Å². The highest BCUT2D eigenvalue weighted by Gasteiger charge is 2.35. The highest BCUT2D eigenvalue weighted by molar-refractivity contribution is 6.64. The number of carbonyl (C=O) groups is 1. The van der Waals surface area contributed by atoms with E-state index in [1.54, 1.807) is 0 Å².